The zero-order valence-corrected chi connectivity index (χ0v) is 15.5. The number of Topliss-reactive ketones (excluding diaryl/α,β-unsaturated/α-hetero) is 2. The van der Waals surface area contributed by atoms with E-state index in [1.807, 2.05) is 0 Å². The SMILES string of the molecule is C[C@@]1(O)c2cccc(O)c2C(=O)C2=C(O)[C@]3(O)C(=O)C(C(N)=O)C(O)C[C@@H]3C[C@@H]21. The molecule has 9 heteroatoms. The molecule has 7 N–H and O–H groups in total. The number of phenolic OH excluding ortho intramolecular Hbond substituents is 1. The molecule has 9 nitrogen and oxygen atoms in total. The molecule has 1 aromatic carbocycles. The number of fused-ring (bicyclic) bond motifs is 3. The van der Waals surface area contributed by atoms with Crippen molar-refractivity contribution < 1.29 is 39.9 Å². The molecule has 0 aliphatic heterocycles. The van der Waals surface area contributed by atoms with Gasteiger partial charge in [0, 0.05) is 17.4 Å². The van der Waals surface area contributed by atoms with Crippen LogP contribution in [0.3, 0.4) is 0 Å². The standard InChI is InChI=1S/C20H21NO8/c1-19(28)8-3-2-4-10(22)12(8)15(24)13-9(19)5-7-6-11(23)14(18(21)27)17(26)20(7,29)16(13)25/h2-4,7,9,11,14,22-23,25,28-29H,5-6H2,1H3,(H2,21,27)/t7-,9-,11?,14?,19+,20-/m0/s1. The van der Waals surface area contributed by atoms with Crippen LogP contribution < -0.4 is 5.73 Å². The van der Waals surface area contributed by atoms with Crippen molar-refractivity contribution in [2.24, 2.45) is 23.5 Å². The number of benzene rings is 1. The summed E-state index contributed by atoms with van der Waals surface area (Å²) in [6, 6.07) is 4.19. The van der Waals surface area contributed by atoms with Gasteiger partial charge in [0.2, 0.25) is 5.91 Å². The maximum atomic E-state index is 13.1. The number of aliphatic hydroxyl groups is 4. The Hall–Kier alpha value is -2.75. The van der Waals surface area contributed by atoms with E-state index in [4.69, 9.17) is 5.73 Å². The van der Waals surface area contributed by atoms with Gasteiger partial charge in [-0.05, 0) is 31.4 Å². The zero-order chi connectivity index (χ0) is 21.5. The number of carbonyl (C=O) groups is 3. The lowest BCUT2D eigenvalue weighted by molar-refractivity contribution is -0.170. The minimum absolute atomic E-state index is 0.113. The van der Waals surface area contributed by atoms with E-state index >= 15 is 0 Å². The van der Waals surface area contributed by atoms with Crippen molar-refractivity contribution in [3.05, 3.63) is 40.7 Å². The smallest absolute Gasteiger partial charge is 0.230 e. The number of phenols is 1. The maximum absolute atomic E-state index is 13.1. The van der Waals surface area contributed by atoms with Crippen LogP contribution in [0.2, 0.25) is 0 Å². The Kier molecular flexibility index (Phi) is 3.97. The lowest BCUT2D eigenvalue weighted by Gasteiger charge is -2.51. The molecule has 3 aliphatic rings. The second kappa shape index (κ2) is 5.88. The highest BCUT2D eigenvalue weighted by atomic mass is 16.4. The fraction of sp³-hybridized carbons (Fsp3) is 0.450. The number of aromatic hydroxyl groups is 1. The Bertz CT molecular complexity index is 996. The third kappa shape index (κ3) is 2.29. The number of hydrogen-bond acceptors (Lipinski definition) is 8. The Morgan fingerprint density at radius 3 is 2.45 bits per heavy atom. The highest BCUT2D eigenvalue weighted by molar-refractivity contribution is 6.15. The Balaban J connectivity index is 1.97. The van der Waals surface area contributed by atoms with Crippen LogP contribution in [0.1, 0.15) is 35.7 Å². The summed E-state index contributed by atoms with van der Waals surface area (Å²) in [5, 5.41) is 53.7. The number of amides is 1. The number of nitrogens with two attached hydrogens (primary N) is 1. The molecule has 6 atom stereocenters. The van der Waals surface area contributed by atoms with Crippen LogP contribution in [-0.2, 0) is 15.2 Å². The molecule has 0 heterocycles. The molecular weight excluding hydrogens is 382 g/mol. The minimum atomic E-state index is -2.60. The molecule has 1 saturated carbocycles. The van der Waals surface area contributed by atoms with Gasteiger partial charge >= 0.3 is 0 Å². The first kappa shape index (κ1) is 19.6. The Morgan fingerprint density at radius 1 is 1.17 bits per heavy atom. The zero-order valence-electron chi connectivity index (χ0n) is 15.5. The lowest BCUT2D eigenvalue weighted by Crippen LogP contribution is -2.64. The number of hydrogen-bond donors (Lipinski definition) is 6. The first-order valence-corrected chi connectivity index (χ1v) is 9.21. The molecule has 4 rings (SSSR count). The largest absolute Gasteiger partial charge is 0.508 e. The average Bonchev–Trinajstić information content (AvgIpc) is 2.62. The highest BCUT2D eigenvalue weighted by Crippen LogP contribution is 2.56. The summed E-state index contributed by atoms with van der Waals surface area (Å²) in [4.78, 5) is 37.6. The van der Waals surface area contributed by atoms with Gasteiger partial charge in [-0.25, -0.2) is 0 Å². The second-order valence-electron chi connectivity index (χ2n) is 8.24. The number of primary amides is 1. The van der Waals surface area contributed by atoms with Crippen molar-refractivity contribution in [1.29, 1.82) is 0 Å². The van der Waals surface area contributed by atoms with Gasteiger partial charge < -0.3 is 31.3 Å². The van der Waals surface area contributed by atoms with Gasteiger partial charge in [0.15, 0.2) is 17.2 Å². The van der Waals surface area contributed by atoms with Crippen LogP contribution in [0, 0.1) is 17.8 Å². The summed E-state index contributed by atoms with van der Waals surface area (Å²) in [5.74, 6) is -8.34. The number of rotatable bonds is 1. The van der Waals surface area contributed by atoms with Gasteiger partial charge in [0.05, 0.1) is 17.3 Å². The van der Waals surface area contributed by atoms with E-state index in [9.17, 15) is 39.9 Å². The van der Waals surface area contributed by atoms with E-state index in [0.29, 0.717) is 0 Å². The third-order valence-corrected chi connectivity index (χ3v) is 6.69. The molecule has 0 radical (unpaired) electrons. The minimum Gasteiger partial charge on any atom is -0.508 e. The molecule has 0 spiro atoms. The summed E-state index contributed by atoms with van der Waals surface area (Å²) >= 11 is 0. The van der Waals surface area contributed by atoms with Crippen molar-refractivity contribution in [2.45, 2.75) is 37.1 Å². The van der Waals surface area contributed by atoms with E-state index in [-0.39, 0.29) is 24.0 Å². The van der Waals surface area contributed by atoms with Gasteiger partial charge in [-0.2, -0.15) is 0 Å². The van der Waals surface area contributed by atoms with Crippen molar-refractivity contribution in [3.63, 3.8) is 0 Å². The van der Waals surface area contributed by atoms with Gasteiger partial charge in [0.1, 0.15) is 17.4 Å². The first-order chi connectivity index (χ1) is 13.4. The molecule has 2 unspecified atom stereocenters. The van der Waals surface area contributed by atoms with Crippen LogP contribution in [0.5, 0.6) is 5.75 Å². The predicted molar refractivity (Wildman–Crippen MR) is 96.5 cm³/mol. The van der Waals surface area contributed by atoms with Crippen molar-refractivity contribution in [2.75, 3.05) is 0 Å². The van der Waals surface area contributed by atoms with Crippen molar-refractivity contribution in [3.8, 4) is 5.75 Å². The highest BCUT2D eigenvalue weighted by Gasteiger charge is 2.64. The Labute approximate surface area is 165 Å². The maximum Gasteiger partial charge on any atom is 0.230 e. The van der Waals surface area contributed by atoms with Crippen LogP contribution in [0.4, 0.5) is 0 Å². The molecule has 0 bridgehead atoms. The van der Waals surface area contributed by atoms with Gasteiger partial charge in [-0.3, -0.25) is 14.4 Å². The van der Waals surface area contributed by atoms with Crippen LogP contribution in [-0.4, -0.2) is 54.7 Å². The van der Waals surface area contributed by atoms with Crippen LogP contribution in [0.25, 0.3) is 0 Å². The monoisotopic (exact) mass is 403 g/mol. The van der Waals surface area contributed by atoms with Gasteiger partial charge in [-0.15, -0.1) is 0 Å². The first-order valence-electron chi connectivity index (χ1n) is 9.21. The van der Waals surface area contributed by atoms with E-state index in [1.54, 1.807) is 0 Å². The summed E-state index contributed by atoms with van der Waals surface area (Å²) in [6.45, 7) is 1.41. The second-order valence-corrected chi connectivity index (χ2v) is 8.24. The third-order valence-electron chi connectivity index (χ3n) is 6.69. The number of aliphatic hydroxyl groups excluding tert-OH is 2. The van der Waals surface area contributed by atoms with E-state index in [1.165, 1.54) is 25.1 Å². The molecule has 0 saturated heterocycles. The lowest BCUT2D eigenvalue weighted by atomic mass is 9.55. The fourth-order valence-electron chi connectivity index (χ4n) is 5.18. The van der Waals surface area contributed by atoms with Crippen LogP contribution >= 0.6 is 0 Å². The normalized spacial score (nSPS) is 38.9. The molecule has 154 valence electrons. The van der Waals surface area contributed by atoms with Gasteiger partial charge in [0.25, 0.3) is 0 Å². The van der Waals surface area contributed by atoms with Crippen molar-refractivity contribution in [1.82, 2.24) is 0 Å². The molecule has 0 aromatic heterocycles. The molecule has 3 aliphatic carbocycles. The van der Waals surface area contributed by atoms with Crippen LogP contribution in [0.15, 0.2) is 29.5 Å². The molecule has 1 aromatic rings. The predicted octanol–water partition coefficient (Wildman–Crippen LogP) is -0.590. The molecular formula is C20H21NO8. The molecule has 29 heavy (non-hydrogen) atoms. The molecule has 1 fully saturated rings. The topological polar surface area (TPSA) is 178 Å². The number of carbonyl (C=O) groups excluding carboxylic acids is 3. The van der Waals surface area contributed by atoms with E-state index in [2.05, 4.69) is 0 Å². The summed E-state index contributed by atoms with van der Waals surface area (Å²) < 4.78 is 0. The Morgan fingerprint density at radius 2 is 1.83 bits per heavy atom. The fourth-order valence-corrected chi connectivity index (χ4v) is 5.18. The quantitative estimate of drug-likeness (QED) is 0.337. The summed E-state index contributed by atoms with van der Waals surface area (Å²) in [7, 11) is 0. The van der Waals surface area contributed by atoms with Gasteiger partial charge in [-0.1, -0.05) is 12.1 Å². The van der Waals surface area contributed by atoms with E-state index < -0.39 is 69.6 Å². The summed E-state index contributed by atoms with van der Waals surface area (Å²) in [6.07, 6.45) is -1.81. The number of ketones is 2. The average molecular weight is 403 g/mol. The van der Waals surface area contributed by atoms with Crippen molar-refractivity contribution >= 4 is 17.5 Å². The molecule has 1 amide bonds. The summed E-state index contributed by atoms with van der Waals surface area (Å²) in [5.41, 5.74) is 0.422. The van der Waals surface area contributed by atoms with E-state index in [0.717, 1.165) is 0 Å².